The number of ether oxygens (including phenoxy) is 1. The van der Waals surface area contributed by atoms with Gasteiger partial charge in [0.2, 0.25) is 0 Å². The highest BCUT2D eigenvalue weighted by molar-refractivity contribution is 5.84. The Morgan fingerprint density at radius 3 is 2.14 bits per heavy atom. The van der Waals surface area contributed by atoms with Crippen molar-refractivity contribution in [1.29, 1.82) is 0 Å². The first-order valence-corrected chi connectivity index (χ1v) is 4.11. The van der Waals surface area contributed by atoms with Gasteiger partial charge in [0.25, 0.3) is 0 Å². The summed E-state index contributed by atoms with van der Waals surface area (Å²) in [5.74, 6) is -1.14. The smallest absolute Gasteiger partial charge is 0.330 e. The van der Waals surface area contributed by atoms with E-state index in [4.69, 9.17) is 5.11 Å². The van der Waals surface area contributed by atoms with Crippen molar-refractivity contribution in [1.82, 2.24) is 0 Å². The normalized spacial score (nSPS) is 7.86. The second-order valence-electron chi connectivity index (χ2n) is 2.38. The summed E-state index contributed by atoms with van der Waals surface area (Å²) in [6.07, 6.45) is 1.84. The Balaban J connectivity index is 0. The van der Waals surface area contributed by atoms with Crippen LogP contribution >= 0.6 is 0 Å². The number of rotatable bonds is 4. The Labute approximate surface area is 83.9 Å². The van der Waals surface area contributed by atoms with Crippen LogP contribution in [0.25, 0.3) is 0 Å². The number of carboxylic acid groups (broad SMARTS) is 1. The van der Waals surface area contributed by atoms with E-state index in [9.17, 15) is 9.59 Å². The third-order valence-corrected chi connectivity index (χ3v) is 0.981. The van der Waals surface area contributed by atoms with Gasteiger partial charge in [-0.3, -0.25) is 4.79 Å². The first kappa shape index (κ1) is 14.9. The zero-order valence-corrected chi connectivity index (χ0v) is 8.58. The fraction of sp³-hybridized carbons (Fsp3) is 0.400. The third kappa shape index (κ3) is 13.0. The molecule has 0 spiro atoms. The molecule has 4 heteroatoms. The number of esters is 1. The molecule has 0 rings (SSSR count). The van der Waals surface area contributed by atoms with Crippen molar-refractivity contribution >= 4 is 11.9 Å². The van der Waals surface area contributed by atoms with Gasteiger partial charge in [-0.1, -0.05) is 12.7 Å². The van der Waals surface area contributed by atoms with Gasteiger partial charge in [-0.15, -0.1) is 6.58 Å². The van der Waals surface area contributed by atoms with Gasteiger partial charge < -0.3 is 9.84 Å². The van der Waals surface area contributed by atoms with Crippen molar-refractivity contribution in [3.8, 4) is 0 Å². The quantitative estimate of drug-likeness (QED) is 0.427. The second-order valence-corrected chi connectivity index (χ2v) is 2.38. The predicted octanol–water partition coefficient (Wildman–Crippen LogP) is 1.77. The molecule has 0 aliphatic rings. The lowest BCUT2D eigenvalue weighted by molar-refractivity contribution is -0.142. The SMILES string of the molecule is C=C(C)C(=O)O.C=CCC(=O)OCC. The summed E-state index contributed by atoms with van der Waals surface area (Å²) in [6, 6.07) is 0. The van der Waals surface area contributed by atoms with Gasteiger partial charge >= 0.3 is 11.9 Å². The Bertz CT molecular complexity index is 206. The van der Waals surface area contributed by atoms with Gasteiger partial charge in [-0.25, -0.2) is 4.79 Å². The van der Waals surface area contributed by atoms with Crippen LogP contribution in [0.3, 0.4) is 0 Å². The molecule has 0 aromatic heterocycles. The summed E-state index contributed by atoms with van der Waals surface area (Å²) in [6.45, 7) is 10.2. The largest absolute Gasteiger partial charge is 0.478 e. The maximum absolute atomic E-state index is 10.3. The summed E-state index contributed by atoms with van der Waals surface area (Å²) in [4.78, 5) is 19.9. The summed E-state index contributed by atoms with van der Waals surface area (Å²) >= 11 is 0. The average molecular weight is 200 g/mol. The van der Waals surface area contributed by atoms with Crippen molar-refractivity contribution in [2.45, 2.75) is 20.3 Å². The molecule has 0 aromatic rings. The van der Waals surface area contributed by atoms with Crippen LogP contribution in [-0.4, -0.2) is 23.7 Å². The number of hydrogen-bond donors (Lipinski definition) is 1. The molecule has 0 unspecified atom stereocenters. The van der Waals surface area contributed by atoms with E-state index >= 15 is 0 Å². The summed E-state index contributed by atoms with van der Waals surface area (Å²) in [5, 5.41) is 7.89. The molecule has 0 atom stereocenters. The monoisotopic (exact) mass is 200 g/mol. The molecular formula is C10H16O4. The van der Waals surface area contributed by atoms with Gasteiger partial charge in [0.1, 0.15) is 0 Å². The molecule has 4 nitrogen and oxygen atoms in total. The lowest BCUT2D eigenvalue weighted by Crippen LogP contribution is -2.00. The summed E-state index contributed by atoms with van der Waals surface area (Å²) < 4.78 is 4.57. The Morgan fingerprint density at radius 2 is 1.93 bits per heavy atom. The van der Waals surface area contributed by atoms with Gasteiger partial charge in [-0.2, -0.15) is 0 Å². The van der Waals surface area contributed by atoms with Crippen LogP contribution in [0.1, 0.15) is 20.3 Å². The van der Waals surface area contributed by atoms with Crippen LogP contribution in [0.4, 0.5) is 0 Å². The molecule has 0 saturated carbocycles. The molecule has 80 valence electrons. The van der Waals surface area contributed by atoms with Crippen LogP contribution in [0.5, 0.6) is 0 Å². The van der Waals surface area contributed by atoms with E-state index in [1.54, 1.807) is 6.92 Å². The van der Waals surface area contributed by atoms with Crippen LogP contribution in [-0.2, 0) is 14.3 Å². The van der Waals surface area contributed by atoms with Crippen molar-refractivity contribution in [2.75, 3.05) is 6.61 Å². The highest BCUT2D eigenvalue weighted by Gasteiger charge is 1.93. The van der Waals surface area contributed by atoms with Crippen molar-refractivity contribution < 1.29 is 19.4 Å². The van der Waals surface area contributed by atoms with E-state index in [1.807, 2.05) is 0 Å². The Kier molecular flexibility index (Phi) is 10.1. The second kappa shape index (κ2) is 9.51. The lowest BCUT2D eigenvalue weighted by Gasteiger charge is -1.94. The predicted molar refractivity (Wildman–Crippen MR) is 53.9 cm³/mol. The molecule has 0 fully saturated rings. The van der Waals surface area contributed by atoms with E-state index in [-0.39, 0.29) is 11.5 Å². The number of hydrogen-bond acceptors (Lipinski definition) is 3. The minimum Gasteiger partial charge on any atom is -0.478 e. The summed E-state index contributed by atoms with van der Waals surface area (Å²) in [5.41, 5.74) is 0.176. The summed E-state index contributed by atoms with van der Waals surface area (Å²) in [7, 11) is 0. The molecule has 14 heavy (non-hydrogen) atoms. The van der Waals surface area contributed by atoms with E-state index in [2.05, 4.69) is 17.9 Å². The zero-order chi connectivity index (χ0) is 11.6. The molecule has 1 N–H and O–H groups in total. The molecule has 0 radical (unpaired) electrons. The molecule has 0 amide bonds. The third-order valence-electron chi connectivity index (χ3n) is 0.981. The highest BCUT2D eigenvalue weighted by Crippen LogP contribution is 1.84. The highest BCUT2D eigenvalue weighted by atomic mass is 16.5. The molecule has 0 saturated heterocycles. The van der Waals surface area contributed by atoms with E-state index in [0.29, 0.717) is 13.0 Å². The Morgan fingerprint density at radius 1 is 1.50 bits per heavy atom. The van der Waals surface area contributed by atoms with Crippen LogP contribution in [0, 0.1) is 0 Å². The number of aliphatic carboxylic acids is 1. The molecule has 0 aromatic carbocycles. The number of carbonyl (C=O) groups is 2. The van der Waals surface area contributed by atoms with Crippen LogP contribution < -0.4 is 0 Å². The van der Waals surface area contributed by atoms with Crippen molar-refractivity contribution in [2.24, 2.45) is 0 Å². The lowest BCUT2D eigenvalue weighted by atomic mass is 10.4. The van der Waals surface area contributed by atoms with Gasteiger partial charge in [0.15, 0.2) is 0 Å². The first-order chi connectivity index (χ1) is 6.45. The molecule has 0 bridgehead atoms. The standard InChI is InChI=1S/C6H10O2.C4H6O2/c1-3-5-6(7)8-4-2;1-3(2)4(5)6/h3H,1,4-5H2,2H3;1H2,2H3,(H,5,6). The maximum atomic E-state index is 10.3. The molecule has 0 heterocycles. The fourth-order valence-electron chi connectivity index (χ4n) is 0.338. The van der Waals surface area contributed by atoms with E-state index < -0.39 is 5.97 Å². The first-order valence-electron chi connectivity index (χ1n) is 4.11. The van der Waals surface area contributed by atoms with E-state index in [1.165, 1.54) is 13.0 Å². The number of carbonyl (C=O) groups excluding carboxylic acids is 1. The van der Waals surface area contributed by atoms with Crippen molar-refractivity contribution in [3.63, 3.8) is 0 Å². The maximum Gasteiger partial charge on any atom is 0.330 e. The Hall–Kier alpha value is -1.58. The minimum absolute atomic E-state index is 0.176. The van der Waals surface area contributed by atoms with E-state index in [0.717, 1.165) is 0 Å². The van der Waals surface area contributed by atoms with Crippen molar-refractivity contribution in [3.05, 3.63) is 24.8 Å². The fourth-order valence-corrected chi connectivity index (χ4v) is 0.338. The molecule has 0 aliphatic heterocycles. The minimum atomic E-state index is -0.935. The van der Waals surface area contributed by atoms with Crippen LogP contribution in [0.15, 0.2) is 24.8 Å². The van der Waals surface area contributed by atoms with Gasteiger partial charge in [-0.05, 0) is 13.8 Å². The molecule has 0 aliphatic carbocycles. The zero-order valence-electron chi connectivity index (χ0n) is 8.58. The van der Waals surface area contributed by atoms with Gasteiger partial charge in [0, 0.05) is 5.57 Å². The molecular weight excluding hydrogens is 184 g/mol. The van der Waals surface area contributed by atoms with Crippen LogP contribution in [0.2, 0.25) is 0 Å². The topological polar surface area (TPSA) is 63.6 Å². The van der Waals surface area contributed by atoms with Gasteiger partial charge in [0.05, 0.1) is 13.0 Å². The average Bonchev–Trinajstić information content (AvgIpc) is 2.06. The number of carboxylic acids is 1.